The molecule has 17 heavy (non-hydrogen) atoms. The number of hydrogen-bond donors (Lipinski definition) is 1. The zero-order valence-electron chi connectivity index (χ0n) is 9.77. The Morgan fingerprint density at radius 1 is 0.824 bits per heavy atom. The van der Waals surface area contributed by atoms with Gasteiger partial charge in [0.25, 0.3) is 0 Å². The molecule has 0 aromatic heterocycles. The molecule has 0 heterocycles. The molecule has 0 saturated heterocycles. The molecule has 1 aromatic rings. The van der Waals surface area contributed by atoms with Crippen molar-refractivity contribution in [3.8, 4) is 0 Å². The first-order chi connectivity index (χ1) is 7.46. The Labute approximate surface area is 97.1 Å². The van der Waals surface area contributed by atoms with E-state index in [4.69, 9.17) is 5.11 Å². The molecule has 0 spiro atoms. The third-order valence-electron chi connectivity index (χ3n) is 2.51. The van der Waals surface area contributed by atoms with Crippen LogP contribution < -0.4 is 0 Å². The van der Waals surface area contributed by atoms with Crippen molar-refractivity contribution in [1.82, 2.24) is 0 Å². The van der Waals surface area contributed by atoms with Gasteiger partial charge < -0.3 is 5.11 Å². The van der Waals surface area contributed by atoms with E-state index in [0.29, 0.717) is 0 Å². The van der Waals surface area contributed by atoms with Crippen molar-refractivity contribution in [3.05, 3.63) is 35.4 Å². The van der Waals surface area contributed by atoms with Crippen LogP contribution in [-0.4, -0.2) is 11.3 Å². The molecular weight excluding hydrogens is 236 g/mol. The summed E-state index contributed by atoms with van der Waals surface area (Å²) >= 11 is 0. The highest BCUT2D eigenvalue weighted by Gasteiger charge is 2.56. The van der Waals surface area contributed by atoms with Crippen molar-refractivity contribution in [1.29, 1.82) is 0 Å². The van der Waals surface area contributed by atoms with Gasteiger partial charge in [0.2, 0.25) is 0 Å². The number of hydrogen-bond acceptors (Lipinski definition) is 1. The Balaban J connectivity index is 3.12. The molecule has 0 aliphatic rings. The molecule has 96 valence electrons. The Morgan fingerprint density at radius 3 is 1.47 bits per heavy atom. The third kappa shape index (κ3) is 2.77. The third-order valence-corrected chi connectivity index (χ3v) is 2.51. The summed E-state index contributed by atoms with van der Waals surface area (Å²) in [6.07, 6.45) is -5.34. The van der Waals surface area contributed by atoms with E-state index in [2.05, 4.69) is 0 Å². The van der Waals surface area contributed by atoms with Gasteiger partial charge in [-0.1, -0.05) is 45.0 Å². The molecule has 0 radical (unpaired) electrons. The summed E-state index contributed by atoms with van der Waals surface area (Å²) in [6.45, 7) is 5.65. The van der Waals surface area contributed by atoms with Crippen LogP contribution in [0.4, 0.5) is 17.6 Å². The maximum Gasteiger partial charge on any atom is 0.453 e. The van der Waals surface area contributed by atoms with E-state index in [1.807, 2.05) is 20.8 Å². The van der Waals surface area contributed by atoms with Gasteiger partial charge in [-0.3, -0.25) is 0 Å². The van der Waals surface area contributed by atoms with Crippen molar-refractivity contribution in [3.63, 3.8) is 0 Å². The van der Waals surface area contributed by atoms with Gasteiger partial charge in [0.15, 0.2) is 0 Å². The van der Waals surface area contributed by atoms with Crippen LogP contribution in [0.1, 0.15) is 31.9 Å². The smallest absolute Gasteiger partial charge is 0.351 e. The Kier molecular flexibility index (Phi) is 3.27. The molecule has 1 N–H and O–H groups in total. The lowest BCUT2D eigenvalue weighted by molar-refractivity contribution is -0.323. The summed E-state index contributed by atoms with van der Waals surface area (Å²) in [5.41, 5.74) is -0.289. The number of alkyl halides is 4. The second-order valence-corrected chi connectivity index (χ2v) is 4.95. The van der Waals surface area contributed by atoms with Crippen LogP contribution in [0.2, 0.25) is 0 Å². The quantitative estimate of drug-likeness (QED) is 0.754. The highest BCUT2D eigenvalue weighted by Crippen LogP contribution is 2.40. The molecular formula is C12H14F4O. The molecule has 0 saturated carbocycles. The largest absolute Gasteiger partial charge is 0.453 e. The van der Waals surface area contributed by atoms with Crippen LogP contribution in [0.25, 0.3) is 0 Å². The van der Waals surface area contributed by atoms with Crippen LogP contribution in [0, 0.1) is 0 Å². The van der Waals surface area contributed by atoms with Crippen LogP contribution in [0.15, 0.2) is 24.3 Å². The van der Waals surface area contributed by atoms with E-state index in [1.54, 1.807) is 0 Å². The lowest BCUT2D eigenvalue weighted by Crippen LogP contribution is -2.37. The maximum absolute atomic E-state index is 13.2. The lowest BCUT2D eigenvalue weighted by atomic mass is 9.86. The van der Waals surface area contributed by atoms with Gasteiger partial charge in [-0.05, 0) is 11.0 Å². The van der Waals surface area contributed by atoms with Gasteiger partial charge in [-0.15, -0.1) is 0 Å². The minimum atomic E-state index is -5.34. The first-order valence-corrected chi connectivity index (χ1v) is 5.05. The molecule has 0 amide bonds. The van der Waals surface area contributed by atoms with Gasteiger partial charge in [0, 0.05) is 5.56 Å². The fourth-order valence-electron chi connectivity index (χ4n) is 1.35. The molecule has 0 bridgehead atoms. The summed E-state index contributed by atoms with van der Waals surface area (Å²) in [5, 5.41) is 8.82. The molecule has 0 aliphatic heterocycles. The van der Waals surface area contributed by atoms with Crippen LogP contribution >= 0.6 is 0 Å². The van der Waals surface area contributed by atoms with Crippen molar-refractivity contribution in [2.75, 3.05) is 0 Å². The molecule has 1 atom stereocenters. The lowest BCUT2D eigenvalue weighted by Gasteiger charge is -2.24. The molecule has 1 nitrogen and oxygen atoms in total. The molecule has 5 heteroatoms. The van der Waals surface area contributed by atoms with E-state index in [0.717, 1.165) is 17.7 Å². The van der Waals surface area contributed by atoms with Crippen LogP contribution in [-0.2, 0) is 11.3 Å². The van der Waals surface area contributed by atoms with Crippen molar-refractivity contribution in [2.45, 2.75) is 38.2 Å². The van der Waals surface area contributed by atoms with E-state index >= 15 is 0 Å². The Hall–Kier alpha value is -1.10. The highest BCUT2D eigenvalue weighted by molar-refractivity contribution is 5.30. The molecule has 1 rings (SSSR count). The van der Waals surface area contributed by atoms with Gasteiger partial charge in [0.05, 0.1) is 0 Å². The van der Waals surface area contributed by atoms with Crippen molar-refractivity contribution < 1.29 is 22.7 Å². The normalized spacial score (nSPS) is 16.7. The number of aliphatic hydroxyl groups is 1. The first kappa shape index (κ1) is 14.0. The van der Waals surface area contributed by atoms with E-state index in [1.165, 1.54) is 12.1 Å². The number of rotatable bonds is 1. The number of benzene rings is 1. The maximum atomic E-state index is 13.2. The summed E-state index contributed by atoms with van der Waals surface area (Å²) < 4.78 is 49.9. The monoisotopic (exact) mass is 250 g/mol. The van der Waals surface area contributed by atoms with Gasteiger partial charge >= 0.3 is 12.0 Å². The Morgan fingerprint density at radius 2 is 1.18 bits per heavy atom. The zero-order chi connectivity index (χ0) is 13.5. The summed E-state index contributed by atoms with van der Waals surface area (Å²) in [7, 11) is 0. The van der Waals surface area contributed by atoms with E-state index in [9.17, 15) is 17.6 Å². The fraction of sp³-hybridized carbons (Fsp3) is 0.500. The molecule has 0 fully saturated rings. The number of halogens is 4. The average Bonchev–Trinajstić information content (AvgIpc) is 2.15. The second kappa shape index (κ2) is 3.98. The average molecular weight is 250 g/mol. The predicted molar refractivity (Wildman–Crippen MR) is 56.2 cm³/mol. The summed E-state index contributed by atoms with van der Waals surface area (Å²) in [5.74, 6) is -4.30. The topological polar surface area (TPSA) is 20.2 Å². The molecule has 1 aromatic carbocycles. The molecule has 0 aliphatic carbocycles. The fourth-order valence-corrected chi connectivity index (χ4v) is 1.35. The van der Waals surface area contributed by atoms with Crippen LogP contribution in [0.5, 0.6) is 0 Å². The highest BCUT2D eigenvalue weighted by atomic mass is 19.4. The van der Waals surface area contributed by atoms with Gasteiger partial charge in [-0.2, -0.15) is 17.6 Å². The minimum absolute atomic E-state index is 0.245. The van der Waals surface area contributed by atoms with Gasteiger partial charge in [-0.25, -0.2) is 0 Å². The van der Waals surface area contributed by atoms with Crippen LogP contribution in [0.3, 0.4) is 0 Å². The van der Waals surface area contributed by atoms with Crippen molar-refractivity contribution in [2.24, 2.45) is 0 Å². The summed E-state index contributed by atoms with van der Waals surface area (Å²) in [4.78, 5) is 0. The standard InChI is InChI=1S/C12H14F4O/c1-10(2,3)8-4-6-9(7-5-8)11(13,17)12(14,15)16/h4-7,17H,1-3H3. The van der Waals surface area contributed by atoms with Gasteiger partial charge in [0.1, 0.15) is 0 Å². The van der Waals surface area contributed by atoms with Crippen molar-refractivity contribution >= 4 is 0 Å². The SMILES string of the molecule is CC(C)(C)c1ccc(C(O)(F)C(F)(F)F)cc1. The summed E-state index contributed by atoms with van der Waals surface area (Å²) in [6, 6.07) is 4.67. The van der Waals surface area contributed by atoms with E-state index < -0.39 is 17.6 Å². The minimum Gasteiger partial charge on any atom is -0.351 e. The Bertz CT molecular complexity index is 384. The molecule has 1 unspecified atom stereocenters. The predicted octanol–water partition coefficient (Wildman–Crippen LogP) is 3.66. The first-order valence-electron chi connectivity index (χ1n) is 5.05. The zero-order valence-corrected chi connectivity index (χ0v) is 9.77. The second-order valence-electron chi connectivity index (χ2n) is 4.95. The van der Waals surface area contributed by atoms with E-state index in [-0.39, 0.29) is 5.41 Å².